The van der Waals surface area contributed by atoms with Gasteiger partial charge >= 0.3 is 6.18 Å². The van der Waals surface area contributed by atoms with E-state index in [0.29, 0.717) is 29.3 Å². The number of carbonyl (C=O) groups excluding carboxylic acids is 4. The molecule has 7 rings (SSSR count). The molecule has 14 nitrogen and oxygen atoms in total. The van der Waals surface area contributed by atoms with Gasteiger partial charge in [-0.2, -0.15) is 18.2 Å². The Balaban J connectivity index is 1.17. The molecule has 0 bridgehead atoms. The maximum Gasteiger partial charge on any atom is 0.416 e. The smallest absolute Gasteiger partial charge is 0.416 e. The van der Waals surface area contributed by atoms with Gasteiger partial charge in [0, 0.05) is 30.2 Å². The van der Waals surface area contributed by atoms with Gasteiger partial charge in [0.05, 0.1) is 23.9 Å². The molecule has 2 aliphatic carbocycles. The van der Waals surface area contributed by atoms with E-state index >= 15 is 0 Å². The van der Waals surface area contributed by atoms with Crippen molar-refractivity contribution < 1.29 is 49.9 Å². The minimum absolute atomic E-state index is 0.0333. The number of ether oxygens (including phenoxy) is 1. The van der Waals surface area contributed by atoms with E-state index in [1.54, 1.807) is 24.3 Å². The fourth-order valence-electron chi connectivity index (χ4n) is 7.37. The van der Waals surface area contributed by atoms with E-state index < -0.39 is 80.8 Å². The summed E-state index contributed by atoms with van der Waals surface area (Å²) in [7, 11) is -3.96. The van der Waals surface area contributed by atoms with E-state index in [2.05, 4.69) is 32.2 Å². The van der Waals surface area contributed by atoms with Gasteiger partial charge in [0.15, 0.2) is 5.82 Å². The van der Waals surface area contributed by atoms with E-state index in [9.17, 15) is 40.8 Å². The number of hydrogen-bond acceptors (Lipinski definition) is 10. The Morgan fingerprint density at radius 3 is 2.47 bits per heavy atom. The molecule has 2 aromatic carbocycles. The lowest BCUT2D eigenvalue weighted by molar-refractivity contribution is -0.139. The third-order valence-corrected chi connectivity index (χ3v) is 12.7. The van der Waals surface area contributed by atoms with Gasteiger partial charge < -0.3 is 24.7 Å². The van der Waals surface area contributed by atoms with Crippen LogP contribution in [-0.2, 0) is 35.4 Å². The SMILES string of the molecule is CCCCCC/C=C\[C@@H]1C[C@]1(NC(=O)[C@@H]1CC(Oc2nc(-c3ccc(C(F)(F)F)cc3)nc3c2oc2ccccc23)CN1C(=O)CNC(C)=O)C(=O)NS(=O)(=O)C1CC1. The van der Waals surface area contributed by atoms with Crippen molar-refractivity contribution in [2.45, 2.75) is 101 Å². The zero-order chi connectivity index (χ0) is 42.1. The summed E-state index contributed by atoms with van der Waals surface area (Å²) in [4.78, 5) is 63.8. The van der Waals surface area contributed by atoms with Gasteiger partial charge in [0.25, 0.3) is 11.8 Å². The Labute approximate surface area is 338 Å². The molecule has 314 valence electrons. The second kappa shape index (κ2) is 16.6. The standard InChI is InChI=1S/C41H45F3N6O8S/c1-3-4-5-6-7-8-11-27-21-40(27,39(54)49-59(55,56)29-18-19-29)48-37(53)31-20-28(23-50(31)33(52)22-45-24(2)51)57-38-35-34(30-12-9-10-13-32(30)58-35)46-36(47-38)25-14-16-26(17-15-25)41(42,43)44/h8-17,27-29,31H,3-7,18-23H2,1-2H3,(H,45,51)(H,48,53)(H,49,54)/b11-8-/t27-,28?,31+,40-/m1/s1. The van der Waals surface area contributed by atoms with Gasteiger partial charge in [-0.3, -0.25) is 23.9 Å². The molecule has 3 fully saturated rings. The molecule has 1 saturated heterocycles. The van der Waals surface area contributed by atoms with Crippen LogP contribution < -0.4 is 20.1 Å². The first-order chi connectivity index (χ1) is 28.1. The average molecular weight is 839 g/mol. The number of benzene rings is 2. The lowest BCUT2D eigenvalue weighted by atomic mass is 10.1. The normalized spacial score (nSPS) is 21.8. The van der Waals surface area contributed by atoms with Crippen LogP contribution in [0.25, 0.3) is 33.5 Å². The van der Waals surface area contributed by atoms with Crippen molar-refractivity contribution in [3.8, 4) is 17.3 Å². The predicted octanol–water partition coefficient (Wildman–Crippen LogP) is 5.56. The zero-order valence-electron chi connectivity index (χ0n) is 32.5. The zero-order valence-corrected chi connectivity index (χ0v) is 33.3. The van der Waals surface area contributed by atoms with Crippen molar-refractivity contribution in [3.63, 3.8) is 0 Å². The molecule has 0 radical (unpaired) electrons. The van der Waals surface area contributed by atoms with Crippen LogP contribution in [0.2, 0.25) is 0 Å². The first-order valence-electron chi connectivity index (χ1n) is 19.7. The summed E-state index contributed by atoms with van der Waals surface area (Å²) >= 11 is 0. The minimum Gasteiger partial charge on any atom is -0.470 e. The molecule has 18 heteroatoms. The largest absolute Gasteiger partial charge is 0.470 e. The number of furan rings is 1. The molecule has 4 atom stereocenters. The number of halogens is 3. The van der Waals surface area contributed by atoms with Crippen LogP contribution in [0.1, 0.15) is 77.2 Å². The summed E-state index contributed by atoms with van der Waals surface area (Å²) in [6.45, 7) is 2.72. The van der Waals surface area contributed by atoms with E-state index in [1.165, 1.54) is 24.0 Å². The molecular formula is C41H45F3N6O8S. The van der Waals surface area contributed by atoms with Crippen molar-refractivity contribution in [1.29, 1.82) is 0 Å². The summed E-state index contributed by atoms with van der Waals surface area (Å²) < 4.78 is 80.5. The number of nitrogens with one attached hydrogen (secondary N) is 3. The van der Waals surface area contributed by atoms with Gasteiger partial charge in [-0.15, -0.1) is 0 Å². The summed E-state index contributed by atoms with van der Waals surface area (Å²) in [5, 5.41) is 5.15. The monoisotopic (exact) mass is 838 g/mol. The number of unbranched alkanes of at least 4 members (excludes halogenated alkanes) is 4. The number of fused-ring (bicyclic) bond motifs is 3. The first kappa shape index (κ1) is 41.6. The number of amides is 4. The Bertz CT molecular complexity index is 2400. The quantitative estimate of drug-likeness (QED) is 0.0953. The first-order valence-corrected chi connectivity index (χ1v) is 21.3. The summed E-state index contributed by atoms with van der Waals surface area (Å²) in [6.07, 6.45) is 4.02. The number of hydrogen-bond donors (Lipinski definition) is 3. The highest BCUT2D eigenvalue weighted by Gasteiger charge is 2.62. The van der Waals surface area contributed by atoms with Crippen molar-refractivity contribution in [2.24, 2.45) is 5.92 Å². The highest BCUT2D eigenvalue weighted by atomic mass is 32.2. The fraction of sp³-hybridized carbons (Fsp3) is 0.463. The topological polar surface area (TPSA) is 190 Å². The molecule has 1 unspecified atom stereocenters. The Hall–Kier alpha value is -5.52. The van der Waals surface area contributed by atoms with Crippen LogP contribution in [0.4, 0.5) is 13.2 Å². The van der Waals surface area contributed by atoms with E-state index in [-0.39, 0.29) is 42.2 Å². The fourth-order valence-corrected chi connectivity index (χ4v) is 8.73. The molecular weight excluding hydrogens is 794 g/mol. The Morgan fingerprint density at radius 1 is 1.03 bits per heavy atom. The number of allylic oxidation sites excluding steroid dienone is 1. The predicted molar refractivity (Wildman–Crippen MR) is 210 cm³/mol. The highest BCUT2D eigenvalue weighted by molar-refractivity contribution is 7.91. The van der Waals surface area contributed by atoms with Crippen molar-refractivity contribution in [1.82, 2.24) is 30.2 Å². The molecule has 3 N–H and O–H groups in total. The molecule has 4 aromatic rings. The third-order valence-electron chi connectivity index (χ3n) is 10.9. The van der Waals surface area contributed by atoms with E-state index in [0.717, 1.165) is 44.2 Å². The average Bonchev–Trinajstić information content (AvgIpc) is 4.10. The minimum atomic E-state index is -4.56. The van der Waals surface area contributed by atoms with Crippen LogP contribution in [0, 0.1) is 5.92 Å². The van der Waals surface area contributed by atoms with Gasteiger partial charge in [0.1, 0.15) is 28.8 Å². The molecule has 59 heavy (non-hydrogen) atoms. The second-order valence-electron chi connectivity index (χ2n) is 15.4. The molecule has 0 spiro atoms. The van der Waals surface area contributed by atoms with Crippen LogP contribution in [-0.4, -0.2) is 82.9 Å². The number of likely N-dealkylation sites (tertiary alicyclic amines) is 1. The molecule has 2 aromatic heterocycles. The van der Waals surface area contributed by atoms with Crippen LogP contribution in [0.15, 0.2) is 65.1 Å². The van der Waals surface area contributed by atoms with Crippen LogP contribution >= 0.6 is 0 Å². The van der Waals surface area contributed by atoms with Gasteiger partial charge in [0.2, 0.25) is 33.3 Å². The number of aromatic nitrogens is 2. The van der Waals surface area contributed by atoms with Gasteiger partial charge in [-0.25, -0.2) is 13.4 Å². The molecule has 3 aliphatic rings. The van der Waals surface area contributed by atoms with E-state index in [1.807, 2.05) is 12.2 Å². The highest BCUT2D eigenvalue weighted by Crippen LogP contribution is 2.46. The van der Waals surface area contributed by atoms with E-state index in [4.69, 9.17) is 9.15 Å². The summed E-state index contributed by atoms with van der Waals surface area (Å²) in [5.41, 5.74) is -1.31. The number of para-hydroxylation sites is 1. The summed E-state index contributed by atoms with van der Waals surface area (Å²) in [5.74, 6) is -3.25. The Morgan fingerprint density at radius 2 is 1.78 bits per heavy atom. The Kier molecular flexibility index (Phi) is 11.7. The van der Waals surface area contributed by atoms with Gasteiger partial charge in [-0.05, 0) is 56.4 Å². The molecule has 3 heterocycles. The lowest BCUT2D eigenvalue weighted by Gasteiger charge is -2.26. The van der Waals surface area contributed by atoms with Crippen molar-refractivity contribution in [3.05, 3.63) is 66.2 Å². The maximum atomic E-state index is 14.3. The van der Waals surface area contributed by atoms with Crippen LogP contribution in [0.5, 0.6) is 5.88 Å². The summed E-state index contributed by atoms with van der Waals surface area (Å²) in [6, 6.07) is 10.0. The third kappa shape index (κ3) is 9.21. The number of rotatable bonds is 16. The van der Waals surface area contributed by atoms with Crippen molar-refractivity contribution in [2.75, 3.05) is 13.1 Å². The molecule has 2 saturated carbocycles. The number of nitrogens with zero attached hydrogens (tertiary/aromatic N) is 3. The molecule has 4 amide bonds. The lowest BCUT2D eigenvalue weighted by Crippen LogP contribution is -2.57. The maximum absolute atomic E-state index is 14.3. The van der Waals surface area contributed by atoms with Crippen LogP contribution in [0.3, 0.4) is 0 Å². The molecule has 1 aliphatic heterocycles. The van der Waals surface area contributed by atoms with Crippen molar-refractivity contribution >= 4 is 55.7 Å². The number of alkyl halides is 3. The second-order valence-corrected chi connectivity index (χ2v) is 17.3. The number of carbonyl (C=O) groups is 4. The van der Waals surface area contributed by atoms with Gasteiger partial charge in [-0.1, -0.05) is 62.6 Å². The number of sulfonamides is 1.